The summed E-state index contributed by atoms with van der Waals surface area (Å²) in [7, 11) is 0. The molecular formula is C24H48O2. The molecule has 0 saturated carbocycles. The predicted octanol–water partition coefficient (Wildman–Crippen LogP) is 8.08. The summed E-state index contributed by atoms with van der Waals surface area (Å²) in [4.78, 5) is 12.6. The first-order valence-corrected chi connectivity index (χ1v) is 11.8. The summed E-state index contributed by atoms with van der Waals surface area (Å²) < 4.78 is 6.04. The van der Waals surface area contributed by atoms with Gasteiger partial charge in [-0.15, -0.1) is 0 Å². The van der Waals surface area contributed by atoms with Crippen LogP contribution < -0.4 is 0 Å². The van der Waals surface area contributed by atoms with E-state index in [2.05, 4.69) is 34.6 Å². The normalized spacial score (nSPS) is 14.8. The number of hydrogen-bond donors (Lipinski definition) is 0. The van der Waals surface area contributed by atoms with Gasteiger partial charge in [0.25, 0.3) is 0 Å². The molecule has 0 saturated heterocycles. The minimum atomic E-state index is 0.0691. The highest BCUT2D eigenvalue weighted by Crippen LogP contribution is 2.23. The van der Waals surface area contributed by atoms with Gasteiger partial charge < -0.3 is 4.74 Å². The van der Waals surface area contributed by atoms with Crippen molar-refractivity contribution >= 4 is 5.97 Å². The van der Waals surface area contributed by atoms with Crippen molar-refractivity contribution in [1.82, 2.24) is 0 Å². The molecule has 0 aliphatic carbocycles. The topological polar surface area (TPSA) is 26.3 Å². The molecule has 0 amide bonds. The molecule has 0 aliphatic heterocycles. The Morgan fingerprint density at radius 2 is 1.31 bits per heavy atom. The summed E-state index contributed by atoms with van der Waals surface area (Å²) in [6, 6.07) is 0. The Balaban J connectivity index is 4.48. The second-order valence-electron chi connectivity index (χ2n) is 8.35. The zero-order chi connectivity index (χ0) is 19.6. The molecule has 3 atom stereocenters. The lowest BCUT2D eigenvalue weighted by molar-refractivity contribution is -0.155. The highest BCUT2D eigenvalue weighted by Gasteiger charge is 2.23. The van der Waals surface area contributed by atoms with Gasteiger partial charge in [-0.05, 0) is 38.0 Å². The Bertz CT molecular complexity index is 313. The van der Waals surface area contributed by atoms with E-state index in [-0.39, 0.29) is 18.0 Å². The first-order valence-electron chi connectivity index (χ1n) is 11.8. The average Bonchev–Trinajstić information content (AvgIpc) is 2.63. The molecule has 0 aromatic heterocycles. The third-order valence-electron chi connectivity index (χ3n) is 5.61. The minimum absolute atomic E-state index is 0.0691. The van der Waals surface area contributed by atoms with E-state index in [9.17, 15) is 4.79 Å². The number of carbonyl (C=O) groups excluding carboxylic acids is 1. The molecule has 0 aromatic rings. The van der Waals surface area contributed by atoms with Gasteiger partial charge in [0.1, 0.15) is 6.10 Å². The molecule has 26 heavy (non-hydrogen) atoms. The van der Waals surface area contributed by atoms with Crippen molar-refractivity contribution in [2.24, 2.45) is 11.8 Å². The maximum absolute atomic E-state index is 12.6. The van der Waals surface area contributed by atoms with Crippen LogP contribution in [-0.4, -0.2) is 12.1 Å². The molecule has 0 spiro atoms. The summed E-state index contributed by atoms with van der Waals surface area (Å²) in [5.74, 6) is 0.833. The van der Waals surface area contributed by atoms with Gasteiger partial charge in [0, 0.05) is 0 Å². The van der Waals surface area contributed by atoms with Crippen LogP contribution in [-0.2, 0) is 9.53 Å². The fraction of sp³-hybridized carbons (Fsp3) is 0.958. The van der Waals surface area contributed by atoms with Crippen LogP contribution in [0.25, 0.3) is 0 Å². The van der Waals surface area contributed by atoms with E-state index in [1.165, 1.54) is 57.8 Å². The van der Waals surface area contributed by atoms with Gasteiger partial charge in [-0.1, -0.05) is 98.8 Å². The van der Waals surface area contributed by atoms with Gasteiger partial charge in [-0.3, -0.25) is 4.79 Å². The van der Waals surface area contributed by atoms with Crippen molar-refractivity contribution in [2.75, 3.05) is 0 Å². The SMILES string of the molecule is CCCCCCC(C)CC(CCCCCC)OC(=O)C(CC)CCCC. The van der Waals surface area contributed by atoms with E-state index in [0.29, 0.717) is 5.92 Å². The highest BCUT2D eigenvalue weighted by atomic mass is 16.5. The second-order valence-corrected chi connectivity index (χ2v) is 8.35. The molecule has 0 N–H and O–H groups in total. The first-order chi connectivity index (χ1) is 12.6. The van der Waals surface area contributed by atoms with Crippen molar-refractivity contribution in [3.8, 4) is 0 Å². The number of esters is 1. The van der Waals surface area contributed by atoms with E-state index < -0.39 is 0 Å². The number of ether oxygens (including phenoxy) is 1. The summed E-state index contributed by atoms with van der Waals surface area (Å²) in [6.45, 7) is 11.2. The third kappa shape index (κ3) is 13.6. The van der Waals surface area contributed by atoms with Gasteiger partial charge in [-0.25, -0.2) is 0 Å². The maximum Gasteiger partial charge on any atom is 0.309 e. The van der Waals surface area contributed by atoms with Crippen LogP contribution >= 0.6 is 0 Å². The molecule has 0 aliphatic rings. The fourth-order valence-electron chi connectivity index (χ4n) is 3.71. The number of rotatable bonds is 18. The largest absolute Gasteiger partial charge is 0.462 e. The van der Waals surface area contributed by atoms with Gasteiger partial charge in [-0.2, -0.15) is 0 Å². The Labute approximate surface area is 164 Å². The van der Waals surface area contributed by atoms with E-state index in [4.69, 9.17) is 4.74 Å². The molecule has 0 bridgehead atoms. The van der Waals surface area contributed by atoms with Crippen molar-refractivity contribution in [2.45, 2.75) is 137 Å². The van der Waals surface area contributed by atoms with Crippen LogP contribution in [0.5, 0.6) is 0 Å². The van der Waals surface area contributed by atoms with E-state index >= 15 is 0 Å². The number of hydrogen-bond acceptors (Lipinski definition) is 2. The monoisotopic (exact) mass is 368 g/mol. The zero-order valence-corrected chi connectivity index (χ0v) is 18.7. The second kappa shape index (κ2) is 17.9. The predicted molar refractivity (Wildman–Crippen MR) is 114 cm³/mol. The molecule has 0 radical (unpaired) electrons. The summed E-state index contributed by atoms with van der Waals surface area (Å²) >= 11 is 0. The van der Waals surface area contributed by atoms with Crippen LogP contribution in [0.4, 0.5) is 0 Å². The van der Waals surface area contributed by atoms with Gasteiger partial charge >= 0.3 is 5.97 Å². The van der Waals surface area contributed by atoms with E-state index in [1.54, 1.807) is 0 Å². The molecule has 0 rings (SSSR count). The molecule has 156 valence electrons. The van der Waals surface area contributed by atoms with Crippen LogP contribution in [0.3, 0.4) is 0 Å². The van der Waals surface area contributed by atoms with Gasteiger partial charge in [0.2, 0.25) is 0 Å². The standard InChI is InChI=1S/C24H48O2/c1-6-10-13-15-17-21(5)20-23(19-16-14-11-7-2)26-24(25)22(9-4)18-12-8-3/h21-23H,6-20H2,1-5H3. The lowest BCUT2D eigenvalue weighted by atomic mass is 9.93. The number of unbranched alkanes of at least 4 members (excludes halogenated alkanes) is 7. The summed E-state index contributed by atoms with van der Waals surface area (Å²) in [5, 5.41) is 0. The fourth-order valence-corrected chi connectivity index (χ4v) is 3.71. The first kappa shape index (κ1) is 25.5. The molecular weight excluding hydrogens is 320 g/mol. The zero-order valence-electron chi connectivity index (χ0n) is 18.7. The van der Waals surface area contributed by atoms with E-state index in [1.807, 2.05) is 0 Å². The molecule has 0 fully saturated rings. The Morgan fingerprint density at radius 1 is 0.731 bits per heavy atom. The van der Waals surface area contributed by atoms with Crippen molar-refractivity contribution < 1.29 is 9.53 Å². The summed E-state index contributed by atoms with van der Waals surface area (Å²) in [6.07, 6.45) is 18.0. The Kier molecular flexibility index (Phi) is 17.5. The third-order valence-corrected chi connectivity index (χ3v) is 5.61. The minimum Gasteiger partial charge on any atom is -0.462 e. The van der Waals surface area contributed by atoms with Crippen LogP contribution in [0, 0.1) is 11.8 Å². The molecule has 0 heterocycles. The highest BCUT2D eigenvalue weighted by molar-refractivity contribution is 5.72. The van der Waals surface area contributed by atoms with Crippen molar-refractivity contribution in [1.29, 1.82) is 0 Å². The quantitative estimate of drug-likeness (QED) is 0.180. The average molecular weight is 369 g/mol. The number of carbonyl (C=O) groups is 1. The molecule has 0 aromatic carbocycles. The molecule has 2 heteroatoms. The smallest absolute Gasteiger partial charge is 0.309 e. The Morgan fingerprint density at radius 3 is 1.85 bits per heavy atom. The van der Waals surface area contributed by atoms with Gasteiger partial charge in [0.15, 0.2) is 0 Å². The van der Waals surface area contributed by atoms with E-state index in [0.717, 1.165) is 38.5 Å². The summed E-state index contributed by atoms with van der Waals surface area (Å²) in [5.41, 5.74) is 0. The van der Waals surface area contributed by atoms with Gasteiger partial charge in [0.05, 0.1) is 5.92 Å². The van der Waals surface area contributed by atoms with Crippen molar-refractivity contribution in [3.05, 3.63) is 0 Å². The molecule has 2 nitrogen and oxygen atoms in total. The van der Waals surface area contributed by atoms with Crippen LogP contribution in [0.15, 0.2) is 0 Å². The lowest BCUT2D eigenvalue weighted by Gasteiger charge is -2.24. The van der Waals surface area contributed by atoms with Crippen molar-refractivity contribution in [3.63, 3.8) is 0 Å². The Hall–Kier alpha value is -0.530. The van der Waals surface area contributed by atoms with Crippen LogP contribution in [0.1, 0.15) is 131 Å². The molecule has 3 unspecified atom stereocenters. The van der Waals surface area contributed by atoms with Crippen LogP contribution in [0.2, 0.25) is 0 Å². The lowest BCUT2D eigenvalue weighted by Crippen LogP contribution is -2.26. The maximum atomic E-state index is 12.6.